The average Bonchev–Trinajstić information content (AvgIpc) is 3.09. The fraction of sp³-hybridized carbons (Fsp3) is 0.235. The van der Waals surface area contributed by atoms with Crippen molar-refractivity contribution < 1.29 is 23.6 Å². The summed E-state index contributed by atoms with van der Waals surface area (Å²) in [5, 5.41) is 3.56. The maximum absolute atomic E-state index is 12.7. The van der Waals surface area contributed by atoms with Gasteiger partial charge < -0.3 is 14.0 Å². The summed E-state index contributed by atoms with van der Waals surface area (Å²) < 4.78 is 15.8. The minimum absolute atomic E-state index is 0.0304. The van der Waals surface area contributed by atoms with Crippen LogP contribution in [0.15, 0.2) is 39.9 Å². The van der Waals surface area contributed by atoms with Crippen LogP contribution in [0.25, 0.3) is 11.1 Å². The Bertz CT molecular complexity index is 1020. The Morgan fingerprint density at radius 3 is 2.58 bits per heavy atom. The molecule has 0 bridgehead atoms. The van der Waals surface area contributed by atoms with Gasteiger partial charge in [0.1, 0.15) is 11.7 Å². The van der Waals surface area contributed by atoms with Crippen molar-refractivity contribution in [1.29, 1.82) is 0 Å². The molecule has 0 N–H and O–H groups in total. The average molecular weight is 357 g/mol. The van der Waals surface area contributed by atoms with E-state index >= 15 is 0 Å². The Morgan fingerprint density at radius 1 is 1.19 bits per heavy atom. The van der Waals surface area contributed by atoms with Gasteiger partial charge >= 0.3 is 11.9 Å². The second-order valence-electron chi connectivity index (χ2n) is 5.30. The van der Waals surface area contributed by atoms with Gasteiger partial charge in [0.25, 0.3) is 11.3 Å². The van der Waals surface area contributed by atoms with Crippen LogP contribution in [-0.2, 0) is 16.0 Å². The smallest absolute Gasteiger partial charge is 0.361 e. The van der Waals surface area contributed by atoms with Crippen LogP contribution in [0.4, 0.5) is 0 Å². The number of carbonyl (C=O) groups excluding carboxylic acids is 2. The fourth-order valence-corrected chi connectivity index (χ4v) is 2.39. The molecule has 1 aromatic carbocycles. The third-order valence-electron chi connectivity index (χ3n) is 3.66. The highest BCUT2D eigenvalue weighted by molar-refractivity contribution is 5.99. The molecule has 0 atom stereocenters. The number of fused-ring (bicyclic) bond motifs is 1. The van der Waals surface area contributed by atoms with Gasteiger partial charge in [-0.25, -0.2) is 14.6 Å². The van der Waals surface area contributed by atoms with Crippen LogP contribution >= 0.6 is 0 Å². The number of hydrogen-bond acceptors (Lipinski definition) is 8. The van der Waals surface area contributed by atoms with Crippen molar-refractivity contribution in [3.05, 3.63) is 57.8 Å². The zero-order valence-corrected chi connectivity index (χ0v) is 14.1. The van der Waals surface area contributed by atoms with E-state index in [1.165, 1.54) is 18.0 Å². The molecule has 9 heteroatoms. The number of aromatic nitrogens is 3. The molecule has 3 rings (SSSR count). The van der Waals surface area contributed by atoms with E-state index in [0.29, 0.717) is 5.56 Å². The third kappa shape index (κ3) is 3.18. The predicted octanol–water partition coefficient (Wildman–Crippen LogP) is 1.40. The van der Waals surface area contributed by atoms with Crippen molar-refractivity contribution in [3.8, 4) is 0 Å². The lowest BCUT2D eigenvalue weighted by Gasteiger charge is -2.06. The van der Waals surface area contributed by atoms with Gasteiger partial charge in [0.2, 0.25) is 5.69 Å². The summed E-state index contributed by atoms with van der Waals surface area (Å²) in [5.41, 5.74) is 0.456. The number of hydrogen-bond donors (Lipinski definition) is 0. The molecule has 0 radical (unpaired) electrons. The summed E-state index contributed by atoms with van der Waals surface area (Å²) >= 11 is 0. The van der Waals surface area contributed by atoms with Crippen molar-refractivity contribution in [1.82, 2.24) is 14.7 Å². The molecule has 2 heterocycles. The maximum atomic E-state index is 12.7. The minimum Gasteiger partial charge on any atom is -0.465 e. The van der Waals surface area contributed by atoms with Gasteiger partial charge in [0.15, 0.2) is 0 Å². The molecule has 0 amide bonds. The SMILES string of the molecule is CCOC(=O)c1noc2ncn(Cc3ccc(C(=O)OC)cc3)c(=O)c12. The lowest BCUT2D eigenvalue weighted by Crippen LogP contribution is -2.22. The van der Waals surface area contributed by atoms with Crippen LogP contribution in [0.3, 0.4) is 0 Å². The number of carbonyl (C=O) groups is 2. The largest absolute Gasteiger partial charge is 0.465 e. The van der Waals surface area contributed by atoms with Crippen LogP contribution in [0.5, 0.6) is 0 Å². The molecular weight excluding hydrogens is 342 g/mol. The van der Waals surface area contributed by atoms with Crippen molar-refractivity contribution in [2.75, 3.05) is 13.7 Å². The minimum atomic E-state index is -0.745. The fourth-order valence-electron chi connectivity index (χ4n) is 2.39. The second-order valence-corrected chi connectivity index (χ2v) is 5.30. The summed E-state index contributed by atoms with van der Waals surface area (Å²) in [6.45, 7) is 1.99. The highest BCUT2D eigenvalue weighted by Gasteiger charge is 2.22. The molecule has 2 aromatic heterocycles. The number of ether oxygens (including phenoxy) is 2. The summed E-state index contributed by atoms with van der Waals surface area (Å²) in [4.78, 5) is 40.1. The van der Waals surface area contributed by atoms with Crippen molar-refractivity contribution in [2.24, 2.45) is 0 Å². The normalized spacial score (nSPS) is 10.7. The molecular formula is C17H15N3O6. The van der Waals surface area contributed by atoms with Gasteiger partial charge in [0, 0.05) is 0 Å². The highest BCUT2D eigenvalue weighted by atomic mass is 16.5. The van der Waals surface area contributed by atoms with Crippen molar-refractivity contribution in [3.63, 3.8) is 0 Å². The van der Waals surface area contributed by atoms with E-state index in [4.69, 9.17) is 9.26 Å². The summed E-state index contributed by atoms with van der Waals surface area (Å²) in [6, 6.07) is 6.59. The monoisotopic (exact) mass is 357 g/mol. The van der Waals surface area contributed by atoms with Gasteiger partial charge in [-0.2, -0.15) is 0 Å². The summed E-state index contributed by atoms with van der Waals surface area (Å²) in [6.07, 6.45) is 1.30. The van der Waals surface area contributed by atoms with Crippen LogP contribution in [0, 0.1) is 0 Å². The Morgan fingerprint density at radius 2 is 1.92 bits per heavy atom. The molecule has 0 aliphatic heterocycles. The molecule has 0 fully saturated rings. The van der Waals surface area contributed by atoms with Crippen LogP contribution in [0.1, 0.15) is 33.3 Å². The number of esters is 2. The Balaban J connectivity index is 1.94. The van der Waals surface area contributed by atoms with E-state index in [1.54, 1.807) is 31.2 Å². The first-order valence-corrected chi connectivity index (χ1v) is 7.74. The van der Waals surface area contributed by atoms with Crippen molar-refractivity contribution in [2.45, 2.75) is 13.5 Å². The van der Waals surface area contributed by atoms with Gasteiger partial charge in [-0.05, 0) is 24.6 Å². The molecule has 9 nitrogen and oxygen atoms in total. The Hall–Kier alpha value is -3.49. The van der Waals surface area contributed by atoms with Crippen LogP contribution in [0.2, 0.25) is 0 Å². The van der Waals surface area contributed by atoms with E-state index in [9.17, 15) is 14.4 Å². The Kier molecular flexibility index (Phi) is 4.78. The lowest BCUT2D eigenvalue weighted by atomic mass is 10.1. The number of benzene rings is 1. The van der Waals surface area contributed by atoms with Gasteiger partial charge in [-0.3, -0.25) is 9.36 Å². The Labute approximate surface area is 147 Å². The van der Waals surface area contributed by atoms with Crippen molar-refractivity contribution >= 4 is 23.0 Å². The zero-order valence-electron chi connectivity index (χ0n) is 14.1. The molecule has 0 saturated carbocycles. The molecule has 0 aliphatic carbocycles. The summed E-state index contributed by atoms with van der Waals surface area (Å²) in [7, 11) is 1.30. The summed E-state index contributed by atoms with van der Waals surface area (Å²) in [5.74, 6) is -1.19. The van der Waals surface area contributed by atoms with Gasteiger partial charge in [-0.1, -0.05) is 17.3 Å². The first-order valence-electron chi connectivity index (χ1n) is 7.74. The molecule has 0 saturated heterocycles. The second kappa shape index (κ2) is 7.18. The van der Waals surface area contributed by atoms with Crippen LogP contribution in [-0.4, -0.2) is 40.4 Å². The lowest BCUT2D eigenvalue weighted by molar-refractivity contribution is 0.0515. The van der Waals surface area contributed by atoms with E-state index in [2.05, 4.69) is 14.9 Å². The first kappa shape index (κ1) is 17.3. The highest BCUT2D eigenvalue weighted by Crippen LogP contribution is 2.13. The van der Waals surface area contributed by atoms with E-state index < -0.39 is 17.5 Å². The van der Waals surface area contributed by atoms with E-state index in [-0.39, 0.29) is 29.9 Å². The quantitative estimate of drug-likeness (QED) is 0.630. The zero-order chi connectivity index (χ0) is 18.7. The molecule has 3 aromatic rings. The number of methoxy groups -OCH3 is 1. The number of nitrogens with zero attached hydrogens (tertiary/aromatic N) is 3. The molecule has 26 heavy (non-hydrogen) atoms. The number of rotatable bonds is 5. The maximum Gasteiger partial charge on any atom is 0.361 e. The predicted molar refractivity (Wildman–Crippen MR) is 88.9 cm³/mol. The van der Waals surface area contributed by atoms with Crippen LogP contribution < -0.4 is 5.56 Å². The standard InChI is InChI=1S/C17H15N3O6/c1-3-25-17(23)13-12-14(26-19-13)18-9-20(15(12)21)8-10-4-6-11(7-5-10)16(22)24-2/h4-7,9H,3,8H2,1-2H3. The topological polar surface area (TPSA) is 114 Å². The van der Waals surface area contributed by atoms with E-state index in [0.717, 1.165) is 5.56 Å². The van der Waals surface area contributed by atoms with Gasteiger partial charge in [-0.15, -0.1) is 0 Å². The first-order chi connectivity index (χ1) is 12.5. The molecule has 0 spiro atoms. The van der Waals surface area contributed by atoms with E-state index in [1.807, 2.05) is 0 Å². The van der Waals surface area contributed by atoms with Gasteiger partial charge in [0.05, 0.1) is 25.8 Å². The molecule has 0 unspecified atom stereocenters. The molecule has 134 valence electrons. The molecule has 0 aliphatic rings. The third-order valence-corrected chi connectivity index (χ3v) is 3.66.